The molecule has 0 aliphatic carbocycles. The molecule has 120 valence electrons. The van der Waals surface area contributed by atoms with Crippen LogP contribution in [0.15, 0.2) is 18.2 Å². The summed E-state index contributed by atoms with van der Waals surface area (Å²) in [6.45, 7) is 3.13. The summed E-state index contributed by atoms with van der Waals surface area (Å²) in [6, 6.07) is 5.17. The summed E-state index contributed by atoms with van der Waals surface area (Å²) < 4.78 is 10.4. The highest BCUT2D eigenvalue weighted by Gasteiger charge is 2.27. The van der Waals surface area contributed by atoms with Crippen LogP contribution in [0.2, 0.25) is 0 Å². The number of ketones is 1. The van der Waals surface area contributed by atoms with Crippen molar-refractivity contribution < 1.29 is 19.1 Å². The molecular weight excluding hydrogens is 282 g/mol. The number of hydrogen-bond acceptors (Lipinski definition) is 4. The zero-order chi connectivity index (χ0) is 16.1. The molecule has 1 heterocycles. The fraction of sp³-hybridized carbons (Fsp3) is 0.529. The second-order valence-corrected chi connectivity index (χ2v) is 5.49. The van der Waals surface area contributed by atoms with Crippen molar-refractivity contribution >= 4 is 11.7 Å². The maximum absolute atomic E-state index is 12.6. The number of carbonyl (C=O) groups excluding carboxylic acids is 2. The Balaban J connectivity index is 2.08. The Labute approximate surface area is 131 Å². The minimum Gasteiger partial charge on any atom is -0.497 e. The van der Waals surface area contributed by atoms with E-state index < -0.39 is 0 Å². The number of hydrogen-bond donors (Lipinski definition) is 0. The molecule has 0 aromatic heterocycles. The third kappa shape index (κ3) is 3.59. The first kappa shape index (κ1) is 16.3. The van der Waals surface area contributed by atoms with E-state index in [1.165, 1.54) is 0 Å². The molecule has 0 bridgehead atoms. The maximum atomic E-state index is 12.6. The highest BCUT2D eigenvalue weighted by molar-refractivity contribution is 5.95. The van der Waals surface area contributed by atoms with Gasteiger partial charge in [0.2, 0.25) is 0 Å². The molecule has 1 aromatic rings. The van der Waals surface area contributed by atoms with Gasteiger partial charge in [0, 0.05) is 37.1 Å². The van der Waals surface area contributed by atoms with Gasteiger partial charge in [0.1, 0.15) is 17.3 Å². The van der Waals surface area contributed by atoms with Gasteiger partial charge in [0.05, 0.1) is 14.2 Å². The smallest absolute Gasteiger partial charge is 0.254 e. The number of likely N-dealkylation sites (tertiary alicyclic amines) is 1. The van der Waals surface area contributed by atoms with Gasteiger partial charge < -0.3 is 14.4 Å². The molecule has 0 saturated carbocycles. The molecule has 0 spiro atoms. The quantitative estimate of drug-likeness (QED) is 0.839. The van der Waals surface area contributed by atoms with Gasteiger partial charge >= 0.3 is 0 Å². The molecule has 1 aliphatic heterocycles. The Morgan fingerprint density at radius 3 is 2.09 bits per heavy atom. The highest BCUT2D eigenvalue weighted by Crippen LogP contribution is 2.25. The van der Waals surface area contributed by atoms with Crippen LogP contribution >= 0.6 is 0 Å². The average Bonchev–Trinajstić information content (AvgIpc) is 2.59. The van der Waals surface area contributed by atoms with Gasteiger partial charge in [0.25, 0.3) is 5.91 Å². The van der Waals surface area contributed by atoms with E-state index in [9.17, 15) is 9.59 Å². The molecule has 1 aliphatic rings. The summed E-state index contributed by atoms with van der Waals surface area (Å²) in [4.78, 5) is 26.2. The lowest BCUT2D eigenvalue weighted by atomic mass is 9.91. The molecule has 1 saturated heterocycles. The van der Waals surface area contributed by atoms with E-state index in [1.54, 1.807) is 37.3 Å². The minimum atomic E-state index is -0.0420. The molecule has 22 heavy (non-hydrogen) atoms. The van der Waals surface area contributed by atoms with Crippen molar-refractivity contribution in [1.82, 2.24) is 4.90 Å². The van der Waals surface area contributed by atoms with Gasteiger partial charge in [0.15, 0.2) is 0 Å². The van der Waals surface area contributed by atoms with E-state index in [2.05, 4.69) is 0 Å². The Hall–Kier alpha value is -2.04. The highest BCUT2D eigenvalue weighted by atomic mass is 16.5. The number of rotatable bonds is 5. The summed E-state index contributed by atoms with van der Waals surface area (Å²) in [5.74, 6) is 1.56. The van der Waals surface area contributed by atoms with Crippen LogP contribution in [0.5, 0.6) is 11.5 Å². The number of ether oxygens (including phenoxy) is 2. The van der Waals surface area contributed by atoms with E-state index in [-0.39, 0.29) is 11.8 Å². The SMILES string of the molecule is CCC(=O)C1CCN(C(=O)c2cc(OC)cc(OC)c2)CC1. The van der Waals surface area contributed by atoms with Gasteiger partial charge in [-0.25, -0.2) is 0 Å². The van der Waals surface area contributed by atoms with E-state index in [0.717, 1.165) is 12.8 Å². The van der Waals surface area contributed by atoms with Crippen molar-refractivity contribution in [2.75, 3.05) is 27.3 Å². The molecule has 1 aromatic carbocycles. The summed E-state index contributed by atoms with van der Waals surface area (Å²) in [7, 11) is 3.12. The first-order chi connectivity index (χ1) is 10.6. The average molecular weight is 305 g/mol. The second-order valence-electron chi connectivity index (χ2n) is 5.49. The van der Waals surface area contributed by atoms with E-state index >= 15 is 0 Å². The van der Waals surface area contributed by atoms with Crippen LogP contribution in [0.1, 0.15) is 36.5 Å². The standard InChI is InChI=1S/C17H23NO4/c1-4-16(19)12-5-7-18(8-6-12)17(20)13-9-14(21-2)11-15(10-13)22-3/h9-12H,4-8H2,1-3H3. The number of methoxy groups -OCH3 is 2. The number of benzene rings is 1. The van der Waals surface area contributed by atoms with Crippen molar-refractivity contribution in [3.8, 4) is 11.5 Å². The Morgan fingerprint density at radius 2 is 1.64 bits per heavy atom. The summed E-state index contributed by atoms with van der Waals surface area (Å²) in [6.07, 6.45) is 2.07. The lowest BCUT2D eigenvalue weighted by molar-refractivity contribution is -0.123. The molecule has 0 radical (unpaired) electrons. The first-order valence-corrected chi connectivity index (χ1v) is 7.64. The van der Waals surface area contributed by atoms with Crippen LogP contribution in [-0.4, -0.2) is 43.9 Å². The predicted octanol–water partition coefficient (Wildman–Crippen LogP) is 2.54. The van der Waals surface area contributed by atoms with Gasteiger partial charge in [-0.1, -0.05) is 6.92 Å². The largest absolute Gasteiger partial charge is 0.497 e. The molecule has 1 amide bonds. The van der Waals surface area contributed by atoms with E-state index in [0.29, 0.717) is 42.4 Å². The zero-order valence-electron chi connectivity index (χ0n) is 13.4. The van der Waals surface area contributed by atoms with Crippen LogP contribution < -0.4 is 9.47 Å². The molecule has 2 rings (SSSR count). The lowest BCUT2D eigenvalue weighted by Crippen LogP contribution is -2.40. The molecule has 1 fully saturated rings. The summed E-state index contributed by atoms with van der Waals surface area (Å²) >= 11 is 0. The number of carbonyl (C=O) groups is 2. The minimum absolute atomic E-state index is 0.0420. The topological polar surface area (TPSA) is 55.8 Å². The fourth-order valence-electron chi connectivity index (χ4n) is 2.81. The van der Waals surface area contributed by atoms with E-state index in [4.69, 9.17) is 9.47 Å². The van der Waals surface area contributed by atoms with E-state index in [1.807, 2.05) is 6.92 Å². The maximum Gasteiger partial charge on any atom is 0.254 e. The first-order valence-electron chi connectivity index (χ1n) is 7.64. The normalized spacial score (nSPS) is 15.5. The number of nitrogens with zero attached hydrogens (tertiary/aromatic N) is 1. The van der Waals surface area contributed by atoms with Crippen molar-refractivity contribution in [3.63, 3.8) is 0 Å². The van der Waals surface area contributed by atoms with Gasteiger partial charge in [-0.2, -0.15) is 0 Å². The van der Waals surface area contributed by atoms with Gasteiger partial charge in [-0.15, -0.1) is 0 Å². The van der Waals surface area contributed by atoms with Crippen LogP contribution in [0, 0.1) is 5.92 Å². The van der Waals surface area contributed by atoms with Crippen LogP contribution in [-0.2, 0) is 4.79 Å². The third-order valence-electron chi connectivity index (χ3n) is 4.18. The van der Waals surface area contributed by atoms with Crippen LogP contribution in [0.25, 0.3) is 0 Å². The van der Waals surface area contributed by atoms with Crippen LogP contribution in [0.4, 0.5) is 0 Å². The molecule has 0 unspecified atom stereocenters. The number of amides is 1. The predicted molar refractivity (Wildman–Crippen MR) is 83.5 cm³/mol. The van der Waals surface area contributed by atoms with Gasteiger partial charge in [-0.05, 0) is 25.0 Å². The molecular formula is C17H23NO4. The Bertz CT molecular complexity index is 525. The third-order valence-corrected chi connectivity index (χ3v) is 4.18. The second kappa shape index (κ2) is 7.29. The lowest BCUT2D eigenvalue weighted by Gasteiger charge is -2.31. The Kier molecular flexibility index (Phi) is 5.41. The van der Waals surface area contributed by atoms with Crippen molar-refractivity contribution in [2.45, 2.75) is 26.2 Å². The Morgan fingerprint density at radius 1 is 1.09 bits per heavy atom. The molecule has 0 N–H and O–H groups in total. The van der Waals surface area contributed by atoms with Crippen molar-refractivity contribution in [1.29, 1.82) is 0 Å². The van der Waals surface area contributed by atoms with Gasteiger partial charge in [-0.3, -0.25) is 9.59 Å². The van der Waals surface area contributed by atoms with Crippen molar-refractivity contribution in [3.05, 3.63) is 23.8 Å². The summed E-state index contributed by atoms with van der Waals surface area (Å²) in [5, 5.41) is 0. The number of Topliss-reactive ketones (excluding diaryl/α,β-unsaturated/α-hetero) is 1. The summed E-state index contributed by atoms with van der Waals surface area (Å²) in [5.41, 5.74) is 0.552. The number of piperidine rings is 1. The fourth-order valence-corrected chi connectivity index (χ4v) is 2.81. The van der Waals surface area contributed by atoms with Crippen LogP contribution in [0.3, 0.4) is 0 Å². The molecule has 5 heteroatoms. The zero-order valence-corrected chi connectivity index (χ0v) is 13.4. The molecule has 0 atom stereocenters. The monoisotopic (exact) mass is 305 g/mol. The molecule has 5 nitrogen and oxygen atoms in total. The van der Waals surface area contributed by atoms with Crippen molar-refractivity contribution in [2.24, 2.45) is 5.92 Å².